The summed E-state index contributed by atoms with van der Waals surface area (Å²) >= 11 is 0. The number of methoxy groups -OCH3 is 1. The van der Waals surface area contributed by atoms with Crippen LogP contribution in [0.3, 0.4) is 0 Å². The van der Waals surface area contributed by atoms with Gasteiger partial charge in [0.25, 0.3) is 0 Å². The predicted octanol–water partition coefficient (Wildman–Crippen LogP) is 1.88. The average Bonchev–Trinajstić information content (AvgIpc) is 2.46. The molecule has 0 bridgehead atoms. The first-order valence-electron chi connectivity index (χ1n) is 7.08. The molecular weight excluding hydrogens is 333 g/mol. The molecule has 5 nitrogen and oxygen atoms in total. The highest BCUT2D eigenvalue weighted by Gasteiger charge is 2.50. The van der Waals surface area contributed by atoms with Crippen LogP contribution in [0.1, 0.15) is 18.4 Å². The van der Waals surface area contributed by atoms with E-state index >= 15 is 0 Å². The van der Waals surface area contributed by atoms with E-state index in [1.165, 1.54) is 25.3 Å². The van der Waals surface area contributed by atoms with Crippen LogP contribution in [0.2, 0.25) is 0 Å². The summed E-state index contributed by atoms with van der Waals surface area (Å²) in [4.78, 5) is -0.185. The third kappa shape index (κ3) is 4.03. The second kappa shape index (κ2) is 6.76. The molecule has 0 spiro atoms. The molecule has 1 aliphatic rings. The van der Waals surface area contributed by atoms with Crippen molar-refractivity contribution >= 4 is 10.0 Å². The van der Waals surface area contributed by atoms with Gasteiger partial charge in [-0.15, -0.1) is 0 Å². The Morgan fingerprint density at radius 1 is 1.35 bits per heavy atom. The van der Waals surface area contributed by atoms with Crippen LogP contribution in [0, 0.1) is 0 Å². The fraction of sp³-hybridized carbons (Fsp3) is 0.571. The summed E-state index contributed by atoms with van der Waals surface area (Å²) in [6.45, 7) is -0.174. The molecular formula is C14H19F3N2O3S. The van der Waals surface area contributed by atoms with Crippen LogP contribution in [0.4, 0.5) is 13.2 Å². The molecule has 130 valence electrons. The number of halogens is 3. The van der Waals surface area contributed by atoms with Gasteiger partial charge in [0.2, 0.25) is 10.0 Å². The SMILES string of the molecule is COCc1cccc(S(=O)(=O)N2CC(N)CCC2C(F)(F)F)c1. The highest BCUT2D eigenvalue weighted by molar-refractivity contribution is 7.89. The Balaban J connectivity index is 2.40. The first-order valence-corrected chi connectivity index (χ1v) is 8.52. The molecule has 0 amide bonds. The summed E-state index contributed by atoms with van der Waals surface area (Å²) in [6, 6.07) is 3.08. The summed E-state index contributed by atoms with van der Waals surface area (Å²) < 4.78 is 70.3. The van der Waals surface area contributed by atoms with E-state index in [2.05, 4.69) is 0 Å². The van der Waals surface area contributed by atoms with Gasteiger partial charge < -0.3 is 10.5 Å². The van der Waals surface area contributed by atoms with Gasteiger partial charge in [0.05, 0.1) is 11.5 Å². The lowest BCUT2D eigenvalue weighted by Gasteiger charge is -2.38. The quantitative estimate of drug-likeness (QED) is 0.898. The number of rotatable bonds is 4. The van der Waals surface area contributed by atoms with Crippen LogP contribution in [-0.2, 0) is 21.4 Å². The summed E-state index contributed by atoms with van der Waals surface area (Å²) in [5, 5.41) is 0. The van der Waals surface area contributed by atoms with Crippen LogP contribution in [0.15, 0.2) is 29.2 Å². The van der Waals surface area contributed by atoms with E-state index < -0.39 is 28.3 Å². The standard InChI is InChI=1S/C14H19F3N2O3S/c1-22-9-10-3-2-4-12(7-10)23(20,21)19-8-11(18)5-6-13(19)14(15,16)17/h2-4,7,11,13H,5-6,8-9,18H2,1H3. The highest BCUT2D eigenvalue weighted by Crippen LogP contribution is 2.35. The molecule has 1 aromatic rings. The third-order valence-electron chi connectivity index (χ3n) is 3.77. The maximum absolute atomic E-state index is 13.2. The second-order valence-electron chi connectivity index (χ2n) is 5.55. The lowest BCUT2D eigenvalue weighted by molar-refractivity contribution is -0.178. The van der Waals surface area contributed by atoms with E-state index in [0.29, 0.717) is 9.87 Å². The molecule has 2 rings (SSSR count). The molecule has 1 aromatic carbocycles. The topological polar surface area (TPSA) is 72.6 Å². The number of alkyl halides is 3. The van der Waals surface area contributed by atoms with E-state index in [1.54, 1.807) is 6.07 Å². The molecule has 2 atom stereocenters. The van der Waals surface area contributed by atoms with E-state index in [-0.39, 0.29) is 30.9 Å². The van der Waals surface area contributed by atoms with Gasteiger partial charge in [-0.25, -0.2) is 8.42 Å². The zero-order valence-electron chi connectivity index (χ0n) is 12.6. The molecule has 0 aromatic heterocycles. The Morgan fingerprint density at radius 3 is 2.65 bits per heavy atom. The summed E-state index contributed by atoms with van der Waals surface area (Å²) in [5.74, 6) is 0. The molecule has 1 heterocycles. The van der Waals surface area contributed by atoms with Crippen LogP contribution in [-0.4, -0.2) is 44.6 Å². The summed E-state index contributed by atoms with van der Waals surface area (Å²) in [7, 11) is -2.84. The van der Waals surface area contributed by atoms with Crippen molar-refractivity contribution in [1.82, 2.24) is 4.31 Å². The van der Waals surface area contributed by atoms with Crippen molar-refractivity contribution in [3.63, 3.8) is 0 Å². The predicted molar refractivity (Wildman–Crippen MR) is 78.1 cm³/mol. The molecule has 2 N–H and O–H groups in total. The van der Waals surface area contributed by atoms with Crippen molar-refractivity contribution in [3.8, 4) is 0 Å². The molecule has 1 saturated heterocycles. The normalized spacial score (nSPS) is 23.9. The molecule has 23 heavy (non-hydrogen) atoms. The average molecular weight is 352 g/mol. The van der Waals surface area contributed by atoms with E-state index in [4.69, 9.17) is 10.5 Å². The Kier molecular flexibility index (Phi) is 5.34. The Morgan fingerprint density at radius 2 is 2.04 bits per heavy atom. The largest absolute Gasteiger partial charge is 0.405 e. The fourth-order valence-electron chi connectivity index (χ4n) is 2.66. The number of hydrogen-bond acceptors (Lipinski definition) is 4. The van der Waals surface area contributed by atoms with Crippen molar-refractivity contribution in [2.24, 2.45) is 5.73 Å². The minimum absolute atomic E-state index is 0.139. The van der Waals surface area contributed by atoms with Crippen LogP contribution in [0.5, 0.6) is 0 Å². The number of ether oxygens (including phenoxy) is 1. The monoisotopic (exact) mass is 352 g/mol. The number of nitrogens with two attached hydrogens (primary N) is 1. The van der Waals surface area contributed by atoms with Gasteiger partial charge in [-0.2, -0.15) is 17.5 Å². The summed E-state index contributed by atoms with van der Waals surface area (Å²) in [5.41, 5.74) is 6.26. The van der Waals surface area contributed by atoms with Crippen molar-refractivity contribution in [3.05, 3.63) is 29.8 Å². The van der Waals surface area contributed by atoms with Crippen LogP contribution >= 0.6 is 0 Å². The zero-order valence-corrected chi connectivity index (χ0v) is 13.4. The number of benzene rings is 1. The maximum atomic E-state index is 13.2. The molecule has 0 radical (unpaired) electrons. The van der Waals surface area contributed by atoms with Gasteiger partial charge in [0.1, 0.15) is 6.04 Å². The van der Waals surface area contributed by atoms with Gasteiger partial charge in [-0.05, 0) is 30.5 Å². The first kappa shape index (κ1) is 18.2. The molecule has 0 aliphatic carbocycles. The molecule has 9 heteroatoms. The Labute approximate surface area is 133 Å². The van der Waals surface area contributed by atoms with Gasteiger partial charge in [0.15, 0.2) is 0 Å². The minimum Gasteiger partial charge on any atom is -0.380 e. The van der Waals surface area contributed by atoms with Crippen molar-refractivity contribution < 1.29 is 26.3 Å². The highest BCUT2D eigenvalue weighted by atomic mass is 32.2. The van der Waals surface area contributed by atoms with E-state index in [9.17, 15) is 21.6 Å². The second-order valence-corrected chi connectivity index (χ2v) is 7.44. The molecule has 1 fully saturated rings. The number of hydrogen-bond donors (Lipinski definition) is 1. The number of sulfonamides is 1. The Hall–Kier alpha value is -1.16. The number of nitrogens with zero attached hydrogens (tertiary/aromatic N) is 1. The first-order chi connectivity index (χ1) is 10.7. The summed E-state index contributed by atoms with van der Waals surface area (Å²) in [6.07, 6.45) is -4.82. The fourth-order valence-corrected chi connectivity index (χ4v) is 4.43. The van der Waals surface area contributed by atoms with Crippen molar-refractivity contribution in [2.45, 2.75) is 42.6 Å². The Bertz CT molecular complexity index is 649. The van der Waals surface area contributed by atoms with Gasteiger partial charge in [-0.3, -0.25) is 0 Å². The van der Waals surface area contributed by atoms with Crippen molar-refractivity contribution in [1.29, 1.82) is 0 Å². The van der Waals surface area contributed by atoms with Crippen molar-refractivity contribution in [2.75, 3.05) is 13.7 Å². The lowest BCUT2D eigenvalue weighted by atomic mass is 10.0. The minimum atomic E-state index is -4.63. The van der Waals surface area contributed by atoms with Crippen LogP contribution < -0.4 is 5.73 Å². The zero-order chi connectivity index (χ0) is 17.3. The van der Waals surface area contributed by atoms with E-state index in [1.807, 2.05) is 0 Å². The maximum Gasteiger partial charge on any atom is 0.405 e. The smallest absolute Gasteiger partial charge is 0.380 e. The van der Waals surface area contributed by atoms with Gasteiger partial charge in [-0.1, -0.05) is 12.1 Å². The number of piperidine rings is 1. The van der Waals surface area contributed by atoms with E-state index in [0.717, 1.165) is 0 Å². The third-order valence-corrected chi connectivity index (χ3v) is 5.64. The van der Waals surface area contributed by atoms with Gasteiger partial charge in [0, 0.05) is 19.7 Å². The molecule has 0 saturated carbocycles. The molecule has 2 unspecified atom stereocenters. The van der Waals surface area contributed by atoms with Gasteiger partial charge >= 0.3 is 6.18 Å². The van der Waals surface area contributed by atoms with Crippen LogP contribution in [0.25, 0.3) is 0 Å². The molecule has 1 aliphatic heterocycles. The lowest BCUT2D eigenvalue weighted by Crippen LogP contribution is -2.56.